The number of carbonyl (C=O) groups is 1. The van der Waals surface area contributed by atoms with Crippen molar-refractivity contribution in [2.24, 2.45) is 5.92 Å². The molecule has 3 aromatic rings. The number of morpholine rings is 1. The summed E-state index contributed by atoms with van der Waals surface area (Å²) in [6.07, 6.45) is 5.49. The number of anilines is 1. The second kappa shape index (κ2) is 13.4. The molecule has 228 valence electrons. The zero-order valence-corrected chi connectivity index (χ0v) is 26.0. The third-order valence-corrected chi connectivity index (χ3v) is 8.26. The molecular weight excluding hydrogens is 566 g/mol. The van der Waals surface area contributed by atoms with Crippen LogP contribution in [0.3, 0.4) is 0 Å². The van der Waals surface area contributed by atoms with Crippen LogP contribution < -0.4 is 15.1 Å². The monoisotopic (exact) mass is 605 g/mol. The van der Waals surface area contributed by atoms with Gasteiger partial charge in [-0.15, -0.1) is 0 Å². The van der Waals surface area contributed by atoms with E-state index < -0.39 is 23.0 Å². The van der Waals surface area contributed by atoms with Gasteiger partial charge in [-0.1, -0.05) is 13.8 Å². The summed E-state index contributed by atoms with van der Waals surface area (Å²) in [6, 6.07) is 4.68. The highest BCUT2D eigenvalue weighted by Gasteiger charge is 2.27. The average Bonchev–Trinajstić information content (AvgIpc) is 2.98. The van der Waals surface area contributed by atoms with Gasteiger partial charge in [0, 0.05) is 42.7 Å². The lowest BCUT2D eigenvalue weighted by molar-refractivity contribution is 0.0598. The molecule has 1 atom stereocenters. The second-order valence-electron chi connectivity index (χ2n) is 10.9. The molecule has 1 saturated heterocycles. The number of ether oxygens (including phenoxy) is 3. The Hall–Kier alpha value is -3.15. The van der Waals surface area contributed by atoms with Crippen LogP contribution in [0.15, 0.2) is 29.2 Å². The van der Waals surface area contributed by atoms with Crippen LogP contribution >= 0.6 is 0 Å². The maximum atomic E-state index is 15.5. The van der Waals surface area contributed by atoms with E-state index in [9.17, 15) is 9.59 Å². The first-order valence-corrected chi connectivity index (χ1v) is 15.8. The number of benzene rings is 2. The summed E-state index contributed by atoms with van der Waals surface area (Å²) in [5.41, 5.74) is 0.960. The van der Waals surface area contributed by atoms with Crippen molar-refractivity contribution in [2.75, 3.05) is 64.5 Å². The van der Waals surface area contributed by atoms with Gasteiger partial charge >= 0.3 is 5.97 Å². The van der Waals surface area contributed by atoms with Crippen molar-refractivity contribution < 1.29 is 32.0 Å². The van der Waals surface area contributed by atoms with Gasteiger partial charge in [0.1, 0.15) is 47.4 Å². The number of aromatic nitrogens is 1. The molecule has 0 saturated carbocycles. The summed E-state index contributed by atoms with van der Waals surface area (Å²) in [6.45, 7) is 7.76. The summed E-state index contributed by atoms with van der Waals surface area (Å²) in [5, 5.41) is 0.263. The first-order valence-electron chi connectivity index (χ1n) is 13.8. The average molecular weight is 606 g/mol. The largest absolute Gasteiger partial charge is 0.496 e. The quantitative estimate of drug-likeness (QED) is 0.242. The van der Waals surface area contributed by atoms with Gasteiger partial charge in [0.2, 0.25) is 5.43 Å². The second-order valence-corrected chi connectivity index (χ2v) is 12.6. The molecule has 0 amide bonds. The smallest absolute Gasteiger partial charge is 0.343 e. The maximum absolute atomic E-state index is 15.5. The molecule has 0 unspecified atom stereocenters. The van der Waals surface area contributed by atoms with E-state index >= 15 is 8.78 Å². The Morgan fingerprint density at radius 1 is 1.07 bits per heavy atom. The molecule has 11 heteroatoms. The highest BCUT2D eigenvalue weighted by molar-refractivity contribution is 7.90. The van der Waals surface area contributed by atoms with Crippen molar-refractivity contribution in [3.05, 3.63) is 68.5 Å². The SMILES string of the molecule is COC(=O)c1cn([C@H](CO[S+](C)C)C(C)C)c2cc(OC)c(Cc3cc(N4CCOCC4)c(F)c(C)c3F)cc2c1=O. The van der Waals surface area contributed by atoms with E-state index in [1.54, 1.807) is 12.1 Å². The van der Waals surface area contributed by atoms with Crippen molar-refractivity contribution in [1.82, 2.24) is 4.57 Å². The fourth-order valence-electron chi connectivity index (χ4n) is 5.27. The zero-order valence-electron chi connectivity index (χ0n) is 25.2. The fraction of sp³-hybridized carbons (Fsp3) is 0.484. The lowest BCUT2D eigenvalue weighted by Crippen LogP contribution is -2.37. The number of methoxy groups -OCH3 is 2. The van der Waals surface area contributed by atoms with Gasteiger partial charge in [0.25, 0.3) is 0 Å². The third kappa shape index (κ3) is 6.43. The molecule has 1 aliphatic rings. The molecule has 0 spiro atoms. The topological polar surface area (TPSA) is 79.2 Å². The predicted molar refractivity (Wildman–Crippen MR) is 162 cm³/mol. The Labute approximate surface area is 248 Å². The van der Waals surface area contributed by atoms with Crippen LogP contribution in [0.1, 0.15) is 46.9 Å². The van der Waals surface area contributed by atoms with Crippen molar-refractivity contribution in [3.8, 4) is 5.75 Å². The molecule has 2 aromatic carbocycles. The first-order chi connectivity index (χ1) is 20.0. The summed E-state index contributed by atoms with van der Waals surface area (Å²) in [7, 11) is 2.73. The molecule has 0 bridgehead atoms. The van der Waals surface area contributed by atoms with E-state index in [2.05, 4.69) is 0 Å². The Kier molecular flexibility index (Phi) is 10.2. The van der Waals surface area contributed by atoms with Crippen LogP contribution in [-0.4, -0.2) is 70.2 Å². The minimum absolute atomic E-state index is 0.0382. The van der Waals surface area contributed by atoms with Gasteiger partial charge < -0.3 is 23.7 Å². The zero-order chi connectivity index (χ0) is 30.7. The summed E-state index contributed by atoms with van der Waals surface area (Å²) in [4.78, 5) is 28.2. The maximum Gasteiger partial charge on any atom is 0.343 e. The number of nitrogens with zero attached hydrogens (tertiary/aromatic N) is 2. The van der Waals surface area contributed by atoms with Crippen LogP contribution in [0.5, 0.6) is 5.75 Å². The predicted octanol–water partition coefficient (Wildman–Crippen LogP) is 4.82. The highest BCUT2D eigenvalue weighted by atomic mass is 32.2. The van der Waals surface area contributed by atoms with Gasteiger partial charge in [0.15, 0.2) is 5.82 Å². The molecule has 1 fully saturated rings. The highest BCUT2D eigenvalue weighted by Crippen LogP contribution is 2.34. The van der Waals surface area contributed by atoms with E-state index in [0.29, 0.717) is 55.4 Å². The molecule has 42 heavy (non-hydrogen) atoms. The van der Waals surface area contributed by atoms with Crippen LogP contribution in [0.2, 0.25) is 0 Å². The van der Waals surface area contributed by atoms with E-state index in [0.717, 1.165) is 0 Å². The molecule has 1 aromatic heterocycles. The Balaban J connectivity index is 1.91. The van der Waals surface area contributed by atoms with E-state index in [4.69, 9.17) is 18.4 Å². The molecular formula is C31H39F2N2O6S+. The lowest BCUT2D eigenvalue weighted by atomic mass is 9.97. The fourth-order valence-corrected chi connectivity index (χ4v) is 5.68. The van der Waals surface area contributed by atoms with Gasteiger partial charge in [-0.3, -0.25) is 4.79 Å². The minimum Gasteiger partial charge on any atom is -0.496 e. The van der Waals surface area contributed by atoms with Crippen molar-refractivity contribution in [1.29, 1.82) is 0 Å². The number of esters is 1. The van der Waals surface area contributed by atoms with Gasteiger partial charge in [-0.2, -0.15) is 4.18 Å². The molecule has 0 aliphatic carbocycles. The molecule has 0 N–H and O–H groups in total. The molecule has 2 heterocycles. The van der Waals surface area contributed by atoms with Crippen LogP contribution in [0, 0.1) is 24.5 Å². The number of halogens is 2. The van der Waals surface area contributed by atoms with Crippen molar-refractivity contribution >= 4 is 33.7 Å². The van der Waals surface area contributed by atoms with Crippen molar-refractivity contribution in [3.63, 3.8) is 0 Å². The number of carbonyl (C=O) groups excluding carboxylic acids is 1. The van der Waals surface area contributed by atoms with Gasteiger partial charge in [-0.05, 0) is 36.1 Å². The number of hydrogen-bond acceptors (Lipinski definition) is 7. The van der Waals surface area contributed by atoms with E-state index in [-0.39, 0.29) is 51.6 Å². The standard InChI is InChI=1S/C31H39F2N2O6S/c1-18(2)26(17-41-42(6)7)35-16-23(31(37)39-5)30(36)22-13-20(27(38-4)15-24(22)35)12-21-14-25(29(33)19(3)28(21)32)34-8-10-40-11-9-34/h13-16,18,26H,8-12,17H2,1-7H3/q+1/t26-/m1/s1. The first kappa shape index (κ1) is 31.8. The van der Waals surface area contributed by atoms with E-state index in [1.807, 2.05) is 35.8 Å². The molecule has 1 aliphatic heterocycles. The number of hydrogen-bond donors (Lipinski definition) is 0. The molecule has 0 radical (unpaired) electrons. The number of fused-ring (bicyclic) bond motifs is 1. The van der Waals surface area contributed by atoms with Crippen LogP contribution in [0.25, 0.3) is 10.9 Å². The van der Waals surface area contributed by atoms with Gasteiger partial charge in [-0.25, -0.2) is 13.6 Å². The third-order valence-electron chi connectivity index (χ3n) is 7.65. The summed E-state index contributed by atoms with van der Waals surface area (Å²) in [5.74, 6) is -1.48. The van der Waals surface area contributed by atoms with Crippen LogP contribution in [-0.2, 0) is 31.3 Å². The van der Waals surface area contributed by atoms with Crippen LogP contribution in [0.4, 0.5) is 14.5 Å². The number of pyridine rings is 1. The van der Waals surface area contributed by atoms with Gasteiger partial charge in [0.05, 0.1) is 44.7 Å². The summed E-state index contributed by atoms with van der Waals surface area (Å²) < 4.78 is 54.6. The minimum atomic E-state index is -0.752. The lowest BCUT2D eigenvalue weighted by Gasteiger charge is -2.30. The Bertz CT molecular complexity index is 1520. The Morgan fingerprint density at radius 3 is 2.36 bits per heavy atom. The summed E-state index contributed by atoms with van der Waals surface area (Å²) >= 11 is -0.287. The number of rotatable bonds is 10. The molecule has 4 rings (SSSR count). The normalized spacial score (nSPS) is 14.6. The van der Waals surface area contributed by atoms with Crippen molar-refractivity contribution in [2.45, 2.75) is 33.2 Å². The van der Waals surface area contributed by atoms with E-state index in [1.165, 1.54) is 33.4 Å². The molecule has 8 nitrogen and oxygen atoms in total. The Morgan fingerprint density at radius 2 is 1.76 bits per heavy atom.